The molecule has 72 valence electrons. The molecule has 0 spiro atoms. The fourth-order valence-electron chi connectivity index (χ4n) is 1.81. The zero-order valence-corrected chi connectivity index (χ0v) is 7.57. The monoisotopic (exact) mass is 182 g/mol. The zero-order chi connectivity index (χ0) is 9.68. The topological polar surface area (TPSA) is 64.3 Å². The van der Waals surface area contributed by atoms with Crippen LogP contribution in [0.3, 0.4) is 0 Å². The number of nitrogens with zero attached hydrogens (tertiary/aromatic N) is 2. The molecule has 1 saturated heterocycles. The van der Waals surface area contributed by atoms with E-state index in [-0.39, 0.29) is 12.3 Å². The lowest BCUT2D eigenvalue weighted by molar-refractivity contribution is -0.138. The van der Waals surface area contributed by atoms with Crippen molar-refractivity contribution < 1.29 is 9.90 Å². The number of hydrogen-bond donors (Lipinski definition) is 1. The number of nitriles is 1. The number of piperidine rings is 1. The van der Waals surface area contributed by atoms with Crippen LogP contribution in [0.1, 0.15) is 19.3 Å². The lowest BCUT2D eigenvalue weighted by Gasteiger charge is -2.29. The first kappa shape index (κ1) is 10.0. The van der Waals surface area contributed by atoms with Gasteiger partial charge in [0.15, 0.2) is 0 Å². The van der Waals surface area contributed by atoms with E-state index in [4.69, 9.17) is 10.4 Å². The molecule has 0 aromatic heterocycles. The molecule has 1 rings (SSSR count). The first-order valence-corrected chi connectivity index (χ1v) is 4.53. The Bertz CT molecular complexity index is 222. The molecule has 0 amide bonds. The number of carbonyl (C=O) groups is 1. The molecule has 1 N–H and O–H groups in total. The largest absolute Gasteiger partial charge is 0.481 e. The summed E-state index contributed by atoms with van der Waals surface area (Å²) in [6.07, 6.45) is 2.23. The third-order valence-corrected chi connectivity index (χ3v) is 2.36. The van der Waals surface area contributed by atoms with Crippen LogP contribution in [0.2, 0.25) is 0 Å². The Kier molecular flexibility index (Phi) is 3.71. The van der Waals surface area contributed by atoms with E-state index in [2.05, 4.69) is 6.07 Å². The molecule has 1 heterocycles. The summed E-state index contributed by atoms with van der Waals surface area (Å²) in [7, 11) is 0. The fraction of sp³-hybridized carbons (Fsp3) is 0.778. The van der Waals surface area contributed by atoms with Crippen molar-refractivity contribution in [1.82, 2.24) is 4.90 Å². The summed E-state index contributed by atoms with van der Waals surface area (Å²) in [5, 5.41) is 17.1. The van der Waals surface area contributed by atoms with Gasteiger partial charge in [-0.15, -0.1) is 0 Å². The first-order chi connectivity index (χ1) is 6.22. The zero-order valence-electron chi connectivity index (χ0n) is 7.57. The third-order valence-electron chi connectivity index (χ3n) is 2.36. The van der Waals surface area contributed by atoms with Crippen LogP contribution in [0, 0.1) is 17.2 Å². The predicted octanol–water partition coefficient (Wildman–Crippen LogP) is 0.697. The number of likely N-dealkylation sites (tertiary alicyclic amines) is 1. The third kappa shape index (κ3) is 3.43. The van der Waals surface area contributed by atoms with Crippen LogP contribution in [0.25, 0.3) is 0 Å². The van der Waals surface area contributed by atoms with E-state index in [0.717, 1.165) is 25.9 Å². The van der Waals surface area contributed by atoms with Crippen molar-refractivity contribution in [2.45, 2.75) is 19.3 Å². The lowest BCUT2D eigenvalue weighted by Crippen LogP contribution is -2.36. The van der Waals surface area contributed by atoms with E-state index in [0.29, 0.717) is 6.54 Å². The minimum atomic E-state index is -0.733. The van der Waals surface area contributed by atoms with Crippen molar-refractivity contribution in [2.75, 3.05) is 19.6 Å². The van der Waals surface area contributed by atoms with Gasteiger partial charge < -0.3 is 5.11 Å². The molecule has 0 bridgehead atoms. The number of aliphatic carboxylic acids is 1. The fourth-order valence-corrected chi connectivity index (χ4v) is 1.81. The van der Waals surface area contributed by atoms with Gasteiger partial charge in [-0.2, -0.15) is 5.26 Å². The van der Waals surface area contributed by atoms with Crippen molar-refractivity contribution in [3.8, 4) is 6.07 Å². The van der Waals surface area contributed by atoms with Gasteiger partial charge in [0.2, 0.25) is 0 Å². The summed E-state index contributed by atoms with van der Waals surface area (Å²) in [5.74, 6) is -0.497. The molecule has 4 nitrogen and oxygen atoms in total. The Morgan fingerprint density at radius 3 is 3.08 bits per heavy atom. The van der Waals surface area contributed by atoms with Gasteiger partial charge in [-0.25, -0.2) is 0 Å². The molecule has 1 fully saturated rings. The van der Waals surface area contributed by atoms with Gasteiger partial charge in [0.1, 0.15) is 0 Å². The van der Waals surface area contributed by atoms with Crippen LogP contribution < -0.4 is 0 Å². The summed E-state index contributed by atoms with van der Waals surface area (Å²) < 4.78 is 0. The van der Waals surface area contributed by atoms with Crippen LogP contribution in [-0.4, -0.2) is 35.6 Å². The average Bonchev–Trinajstić information content (AvgIpc) is 2.04. The van der Waals surface area contributed by atoms with Gasteiger partial charge in [-0.1, -0.05) is 0 Å². The van der Waals surface area contributed by atoms with Gasteiger partial charge in [-0.05, 0) is 25.3 Å². The molecule has 0 aromatic rings. The number of carboxylic acid groups (broad SMARTS) is 1. The maximum absolute atomic E-state index is 10.4. The molecule has 1 aliphatic heterocycles. The van der Waals surface area contributed by atoms with E-state index < -0.39 is 5.97 Å². The molecule has 0 aromatic carbocycles. The summed E-state index contributed by atoms with van der Waals surface area (Å²) in [5.41, 5.74) is 0. The average molecular weight is 182 g/mol. The Morgan fingerprint density at radius 1 is 1.69 bits per heavy atom. The Labute approximate surface area is 77.8 Å². The van der Waals surface area contributed by atoms with Crippen molar-refractivity contribution >= 4 is 5.97 Å². The highest BCUT2D eigenvalue weighted by atomic mass is 16.4. The Balaban J connectivity index is 2.33. The van der Waals surface area contributed by atoms with Crippen LogP contribution in [0.15, 0.2) is 0 Å². The van der Waals surface area contributed by atoms with Gasteiger partial charge >= 0.3 is 5.97 Å². The molecule has 4 heteroatoms. The second kappa shape index (κ2) is 4.83. The molecule has 0 saturated carbocycles. The standard InChI is InChI=1S/C9H14N2O2/c10-3-5-11-4-1-2-8(7-11)6-9(12)13/h8H,1-2,4-7H2,(H,12,13). The summed E-state index contributed by atoms with van der Waals surface area (Å²) in [4.78, 5) is 12.5. The summed E-state index contributed by atoms with van der Waals surface area (Å²) in [6, 6.07) is 2.09. The number of rotatable bonds is 3. The summed E-state index contributed by atoms with van der Waals surface area (Å²) >= 11 is 0. The maximum atomic E-state index is 10.4. The van der Waals surface area contributed by atoms with Crippen molar-refractivity contribution in [2.24, 2.45) is 5.92 Å². The minimum absolute atomic E-state index is 0.236. The van der Waals surface area contributed by atoms with Gasteiger partial charge in [-0.3, -0.25) is 9.69 Å². The quantitative estimate of drug-likeness (QED) is 0.652. The lowest BCUT2D eigenvalue weighted by atomic mass is 9.95. The Morgan fingerprint density at radius 2 is 2.46 bits per heavy atom. The van der Waals surface area contributed by atoms with E-state index in [9.17, 15) is 4.79 Å². The summed E-state index contributed by atoms with van der Waals surface area (Å²) in [6.45, 7) is 2.12. The van der Waals surface area contributed by atoms with Crippen molar-refractivity contribution in [3.05, 3.63) is 0 Å². The van der Waals surface area contributed by atoms with Gasteiger partial charge in [0, 0.05) is 13.0 Å². The maximum Gasteiger partial charge on any atom is 0.303 e. The predicted molar refractivity (Wildman–Crippen MR) is 47.0 cm³/mol. The minimum Gasteiger partial charge on any atom is -0.481 e. The molecule has 0 aliphatic carbocycles. The molecule has 1 aliphatic rings. The molecule has 1 unspecified atom stereocenters. The molecule has 1 atom stereocenters. The number of hydrogen-bond acceptors (Lipinski definition) is 3. The Hall–Kier alpha value is -1.08. The van der Waals surface area contributed by atoms with Crippen molar-refractivity contribution in [1.29, 1.82) is 5.26 Å². The van der Waals surface area contributed by atoms with Crippen LogP contribution in [0.5, 0.6) is 0 Å². The molecular weight excluding hydrogens is 168 g/mol. The highest BCUT2D eigenvalue weighted by Gasteiger charge is 2.21. The first-order valence-electron chi connectivity index (χ1n) is 4.53. The van der Waals surface area contributed by atoms with Crippen LogP contribution >= 0.6 is 0 Å². The van der Waals surface area contributed by atoms with E-state index >= 15 is 0 Å². The van der Waals surface area contributed by atoms with E-state index in [1.165, 1.54) is 0 Å². The highest BCUT2D eigenvalue weighted by Crippen LogP contribution is 2.18. The molecule has 13 heavy (non-hydrogen) atoms. The smallest absolute Gasteiger partial charge is 0.303 e. The highest BCUT2D eigenvalue weighted by molar-refractivity contribution is 5.67. The van der Waals surface area contributed by atoms with Crippen molar-refractivity contribution in [3.63, 3.8) is 0 Å². The normalized spacial score (nSPS) is 23.8. The van der Waals surface area contributed by atoms with Gasteiger partial charge in [0.05, 0.1) is 12.6 Å². The van der Waals surface area contributed by atoms with E-state index in [1.54, 1.807) is 0 Å². The molecular formula is C9H14N2O2. The second-order valence-electron chi connectivity index (χ2n) is 3.50. The second-order valence-corrected chi connectivity index (χ2v) is 3.50. The number of carboxylic acids is 1. The van der Waals surface area contributed by atoms with Gasteiger partial charge in [0.25, 0.3) is 0 Å². The molecule has 0 radical (unpaired) electrons. The SMILES string of the molecule is N#CCN1CCCC(CC(=O)O)C1. The van der Waals surface area contributed by atoms with Crippen LogP contribution in [-0.2, 0) is 4.79 Å². The van der Waals surface area contributed by atoms with E-state index in [1.807, 2.05) is 4.90 Å². The van der Waals surface area contributed by atoms with Crippen LogP contribution in [0.4, 0.5) is 0 Å².